The van der Waals surface area contributed by atoms with Crippen molar-refractivity contribution in [3.05, 3.63) is 64.2 Å². The van der Waals surface area contributed by atoms with Crippen LogP contribution < -0.4 is 10.2 Å². The first-order valence-electron chi connectivity index (χ1n) is 10.4. The lowest BCUT2D eigenvalue weighted by molar-refractivity contribution is 0.0925. The minimum absolute atomic E-state index is 0.0198. The third kappa shape index (κ3) is 4.57. The van der Waals surface area contributed by atoms with Gasteiger partial charge in [-0.05, 0) is 75.8 Å². The summed E-state index contributed by atoms with van der Waals surface area (Å²) < 4.78 is 0. The van der Waals surface area contributed by atoms with E-state index in [4.69, 9.17) is 16.9 Å². The summed E-state index contributed by atoms with van der Waals surface area (Å²) in [5.74, 6) is 0.0198. The predicted molar refractivity (Wildman–Crippen MR) is 116 cm³/mol. The molecule has 5 heteroatoms. The van der Waals surface area contributed by atoms with Crippen LogP contribution in [-0.4, -0.2) is 24.0 Å². The van der Waals surface area contributed by atoms with E-state index in [0.29, 0.717) is 22.7 Å². The number of carbonyl (C=O) groups excluding carboxylic acids is 1. The number of benzene rings is 2. The van der Waals surface area contributed by atoms with Crippen molar-refractivity contribution in [1.82, 2.24) is 5.32 Å². The third-order valence-electron chi connectivity index (χ3n) is 6.05. The largest absolute Gasteiger partial charge is 0.366 e. The first-order valence-corrected chi connectivity index (χ1v) is 10.8. The Labute approximate surface area is 177 Å². The fourth-order valence-corrected chi connectivity index (χ4v) is 4.52. The minimum atomic E-state index is 0.0198. The maximum atomic E-state index is 12.5. The lowest BCUT2D eigenvalue weighted by atomic mass is 9.89. The summed E-state index contributed by atoms with van der Waals surface area (Å²) in [6.07, 6.45) is 6.48. The van der Waals surface area contributed by atoms with Gasteiger partial charge in [0.05, 0.1) is 10.6 Å². The Hall–Kier alpha value is -2.51. The minimum Gasteiger partial charge on any atom is -0.366 e. The summed E-state index contributed by atoms with van der Waals surface area (Å²) >= 11 is 6.29. The Balaban J connectivity index is 1.38. The van der Waals surface area contributed by atoms with Crippen molar-refractivity contribution in [2.75, 3.05) is 4.90 Å². The van der Waals surface area contributed by atoms with Crippen molar-refractivity contribution in [1.29, 1.82) is 5.26 Å². The molecule has 0 aliphatic heterocycles. The van der Waals surface area contributed by atoms with Crippen LogP contribution in [0.1, 0.15) is 60.0 Å². The second kappa shape index (κ2) is 8.47. The highest BCUT2D eigenvalue weighted by Crippen LogP contribution is 2.39. The molecule has 0 radical (unpaired) electrons. The summed E-state index contributed by atoms with van der Waals surface area (Å²) in [4.78, 5) is 15.0. The Morgan fingerprint density at radius 3 is 2.21 bits per heavy atom. The van der Waals surface area contributed by atoms with Gasteiger partial charge in [0, 0.05) is 29.4 Å². The standard InChI is InChI=1S/C24H26ClN3O/c1-16-2-4-17(5-3-16)24(29)27-19-7-10-20(11-8-19)28(21-12-13-21)22-9-6-18(15-26)23(25)14-22/h2-6,9,14,19-21H,7-8,10-13H2,1H3,(H,27,29). The van der Waals surface area contributed by atoms with Crippen LogP contribution >= 0.6 is 11.6 Å². The summed E-state index contributed by atoms with van der Waals surface area (Å²) in [6, 6.07) is 16.9. The van der Waals surface area contributed by atoms with Gasteiger partial charge in [0.25, 0.3) is 5.91 Å². The van der Waals surface area contributed by atoms with Gasteiger partial charge in [-0.15, -0.1) is 0 Å². The van der Waals surface area contributed by atoms with E-state index < -0.39 is 0 Å². The van der Waals surface area contributed by atoms with Gasteiger partial charge in [0.2, 0.25) is 0 Å². The van der Waals surface area contributed by atoms with E-state index in [0.717, 1.165) is 42.5 Å². The van der Waals surface area contributed by atoms with Gasteiger partial charge in [-0.3, -0.25) is 4.79 Å². The average Bonchev–Trinajstić information content (AvgIpc) is 3.55. The van der Waals surface area contributed by atoms with Crippen molar-refractivity contribution >= 4 is 23.2 Å². The number of hydrogen-bond acceptors (Lipinski definition) is 3. The Bertz CT molecular complexity index is 922. The zero-order valence-electron chi connectivity index (χ0n) is 16.7. The second-order valence-electron chi connectivity index (χ2n) is 8.26. The number of nitrogens with one attached hydrogen (secondary N) is 1. The van der Waals surface area contributed by atoms with Gasteiger partial charge in [-0.25, -0.2) is 0 Å². The van der Waals surface area contributed by atoms with Crippen LogP contribution in [0.3, 0.4) is 0 Å². The van der Waals surface area contributed by atoms with Gasteiger partial charge in [-0.1, -0.05) is 29.3 Å². The second-order valence-corrected chi connectivity index (χ2v) is 8.67. The number of carbonyl (C=O) groups is 1. The highest BCUT2D eigenvalue weighted by molar-refractivity contribution is 6.32. The van der Waals surface area contributed by atoms with E-state index in [9.17, 15) is 4.79 Å². The molecule has 4 nitrogen and oxygen atoms in total. The molecule has 1 N–H and O–H groups in total. The molecule has 0 saturated heterocycles. The number of aryl methyl sites for hydroxylation is 1. The number of hydrogen-bond donors (Lipinski definition) is 1. The number of nitriles is 1. The van der Waals surface area contributed by atoms with E-state index in [1.54, 1.807) is 0 Å². The zero-order valence-corrected chi connectivity index (χ0v) is 17.5. The summed E-state index contributed by atoms with van der Waals surface area (Å²) in [5.41, 5.74) is 3.52. The van der Waals surface area contributed by atoms with Crippen LogP contribution in [0.5, 0.6) is 0 Å². The van der Waals surface area contributed by atoms with E-state index in [1.165, 1.54) is 12.8 Å². The highest BCUT2D eigenvalue weighted by atomic mass is 35.5. The van der Waals surface area contributed by atoms with Crippen molar-refractivity contribution in [3.8, 4) is 6.07 Å². The fraction of sp³-hybridized carbons (Fsp3) is 0.417. The van der Waals surface area contributed by atoms with Gasteiger partial charge in [-0.2, -0.15) is 5.26 Å². The lowest BCUT2D eigenvalue weighted by Crippen LogP contribution is -2.45. The number of anilines is 1. The number of rotatable bonds is 5. The molecule has 2 aromatic carbocycles. The maximum absolute atomic E-state index is 12.5. The van der Waals surface area contributed by atoms with Crippen LogP contribution in [0.15, 0.2) is 42.5 Å². The van der Waals surface area contributed by atoms with Crippen LogP contribution in [0.4, 0.5) is 5.69 Å². The molecule has 0 unspecified atom stereocenters. The molecule has 2 aliphatic carbocycles. The molecule has 150 valence electrons. The topological polar surface area (TPSA) is 56.1 Å². The predicted octanol–water partition coefficient (Wildman–Crippen LogP) is 5.23. The normalized spacial score (nSPS) is 21.3. The zero-order chi connectivity index (χ0) is 20.4. The summed E-state index contributed by atoms with van der Waals surface area (Å²) in [7, 11) is 0. The van der Waals surface area contributed by atoms with Crippen LogP contribution in [-0.2, 0) is 0 Å². The van der Waals surface area contributed by atoms with Gasteiger partial charge in [0.1, 0.15) is 6.07 Å². The molecule has 2 aliphatic rings. The Kier molecular flexibility index (Phi) is 5.78. The van der Waals surface area contributed by atoms with E-state index in [2.05, 4.69) is 16.3 Å². The van der Waals surface area contributed by atoms with E-state index in [-0.39, 0.29) is 11.9 Å². The summed E-state index contributed by atoms with van der Waals surface area (Å²) in [5, 5.41) is 12.9. The SMILES string of the molecule is Cc1ccc(C(=O)NC2CCC(N(c3ccc(C#N)c(Cl)c3)C3CC3)CC2)cc1. The molecule has 29 heavy (non-hydrogen) atoms. The number of nitrogens with zero attached hydrogens (tertiary/aromatic N) is 2. The molecule has 1 amide bonds. The Morgan fingerprint density at radius 1 is 1.03 bits per heavy atom. The maximum Gasteiger partial charge on any atom is 0.251 e. The average molecular weight is 408 g/mol. The third-order valence-corrected chi connectivity index (χ3v) is 6.36. The van der Waals surface area contributed by atoms with Crippen LogP contribution in [0.2, 0.25) is 5.02 Å². The first-order chi connectivity index (χ1) is 14.0. The van der Waals surface area contributed by atoms with Gasteiger partial charge < -0.3 is 10.2 Å². The quantitative estimate of drug-likeness (QED) is 0.738. The molecule has 0 atom stereocenters. The smallest absolute Gasteiger partial charge is 0.251 e. The van der Waals surface area contributed by atoms with Crippen molar-refractivity contribution in [3.63, 3.8) is 0 Å². The first kappa shape index (κ1) is 19.8. The van der Waals surface area contributed by atoms with E-state index >= 15 is 0 Å². The molecular formula is C24H26ClN3O. The van der Waals surface area contributed by atoms with E-state index in [1.807, 2.05) is 49.4 Å². The van der Waals surface area contributed by atoms with Crippen molar-refractivity contribution < 1.29 is 4.79 Å². The van der Waals surface area contributed by atoms with Crippen LogP contribution in [0, 0.1) is 18.3 Å². The molecule has 0 spiro atoms. The molecule has 4 rings (SSSR count). The number of halogens is 1. The molecule has 0 heterocycles. The van der Waals surface area contributed by atoms with Crippen molar-refractivity contribution in [2.45, 2.75) is 63.6 Å². The molecular weight excluding hydrogens is 382 g/mol. The molecule has 2 aromatic rings. The molecule has 2 saturated carbocycles. The lowest BCUT2D eigenvalue weighted by Gasteiger charge is -2.39. The number of amides is 1. The van der Waals surface area contributed by atoms with Crippen molar-refractivity contribution in [2.24, 2.45) is 0 Å². The molecule has 0 aromatic heterocycles. The molecule has 0 bridgehead atoms. The monoisotopic (exact) mass is 407 g/mol. The van der Waals surface area contributed by atoms with Crippen LogP contribution in [0.25, 0.3) is 0 Å². The highest BCUT2D eigenvalue weighted by Gasteiger charge is 2.36. The van der Waals surface area contributed by atoms with Gasteiger partial charge >= 0.3 is 0 Å². The fourth-order valence-electron chi connectivity index (χ4n) is 4.30. The molecule has 2 fully saturated rings. The Morgan fingerprint density at radius 2 is 1.66 bits per heavy atom. The summed E-state index contributed by atoms with van der Waals surface area (Å²) in [6.45, 7) is 2.02. The van der Waals surface area contributed by atoms with Gasteiger partial charge in [0.15, 0.2) is 0 Å².